The largest absolute Gasteiger partial charge is 0.354 e. The molecule has 0 aliphatic rings. The molecule has 0 spiro atoms. The quantitative estimate of drug-likeness (QED) is 0.531. The van der Waals surface area contributed by atoms with E-state index in [1.165, 1.54) is 0 Å². The highest BCUT2D eigenvalue weighted by atomic mass is 32.2. The lowest BCUT2D eigenvalue weighted by Crippen LogP contribution is -2.20. The molecule has 7 nitrogen and oxygen atoms in total. The summed E-state index contributed by atoms with van der Waals surface area (Å²) < 4.78 is 0. The van der Waals surface area contributed by atoms with Crippen LogP contribution in [-0.2, 0) is 12.2 Å². The molecule has 0 saturated heterocycles. The van der Waals surface area contributed by atoms with Gasteiger partial charge in [0.1, 0.15) is 5.69 Å². The molecule has 126 valence electrons. The number of aryl methyl sites for hydroxylation is 1. The van der Waals surface area contributed by atoms with Crippen LogP contribution in [0.1, 0.15) is 22.0 Å². The summed E-state index contributed by atoms with van der Waals surface area (Å²) in [6, 6.07) is 3.94. The second-order valence-corrected chi connectivity index (χ2v) is 7.28. The first-order valence-corrected chi connectivity index (χ1v) is 9.54. The first kappa shape index (κ1) is 16.7. The molecule has 3 N–H and O–H groups in total. The SMILES string of the molecule is Cc1[nH]cnc1CSCCNc1nc(=O)c(Cc2cccs2)n[nH]1. The van der Waals surface area contributed by atoms with E-state index in [0.29, 0.717) is 24.6 Å². The minimum absolute atomic E-state index is 0.288. The number of rotatable bonds is 8. The lowest BCUT2D eigenvalue weighted by molar-refractivity contribution is 0.868. The maximum absolute atomic E-state index is 12.0. The molecule has 3 heterocycles. The van der Waals surface area contributed by atoms with E-state index in [0.717, 1.165) is 27.8 Å². The van der Waals surface area contributed by atoms with Crippen molar-refractivity contribution in [3.8, 4) is 0 Å². The van der Waals surface area contributed by atoms with Gasteiger partial charge in [-0.05, 0) is 18.4 Å². The van der Waals surface area contributed by atoms with E-state index in [9.17, 15) is 4.79 Å². The van der Waals surface area contributed by atoms with Gasteiger partial charge in [0.25, 0.3) is 5.56 Å². The van der Waals surface area contributed by atoms with E-state index in [1.54, 1.807) is 29.4 Å². The van der Waals surface area contributed by atoms with Crippen molar-refractivity contribution in [2.45, 2.75) is 19.1 Å². The van der Waals surface area contributed by atoms with Crippen LogP contribution >= 0.6 is 23.1 Å². The number of H-pyrrole nitrogens is 2. The topological polar surface area (TPSA) is 99.3 Å². The van der Waals surface area contributed by atoms with Gasteiger partial charge < -0.3 is 10.3 Å². The van der Waals surface area contributed by atoms with Gasteiger partial charge in [0.2, 0.25) is 5.95 Å². The third-order valence-electron chi connectivity index (χ3n) is 3.39. The van der Waals surface area contributed by atoms with Crippen LogP contribution in [0.4, 0.5) is 5.95 Å². The molecule has 0 radical (unpaired) electrons. The molecule has 0 saturated carbocycles. The molecule has 0 aliphatic carbocycles. The minimum Gasteiger partial charge on any atom is -0.354 e. The van der Waals surface area contributed by atoms with E-state index < -0.39 is 0 Å². The number of anilines is 1. The molecule has 0 bridgehead atoms. The maximum atomic E-state index is 12.0. The Hall–Kier alpha value is -2.13. The second-order valence-electron chi connectivity index (χ2n) is 5.15. The first-order chi connectivity index (χ1) is 11.7. The summed E-state index contributed by atoms with van der Waals surface area (Å²) in [5.41, 5.74) is 2.33. The van der Waals surface area contributed by atoms with Crippen LogP contribution in [0.3, 0.4) is 0 Å². The number of imidazole rings is 1. The fraction of sp³-hybridized carbons (Fsp3) is 0.333. The Kier molecular flexibility index (Phi) is 5.65. The van der Waals surface area contributed by atoms with E-state index in [-0.39, 0.29) is 5.56 Å². The molecule has 0 aromatic carbocycles. The Labute approximate surface area is 147 Å². The van der Waals surface area contributed by atoms with Gasteiger partial charge in [0.15, 0.2) is 0 Å². The van der Waals surface area contributed by atoms with Gasteiger partial charge in [-0.1, -0.05) is 6.07 Å². The second kappa shape index (κ2) is 8.11. The Morgan fingerprint density at radius 1 is 1.38 bits per heavy atom. The van der Waals surface area contributed by atoms with E-state index >= 15 is 0 Å². The molecular formula is C15H18N6OS2. The number of aromatic nitrogens is 5. The summed E-state index contributed by atoms with van der Waals surface area (Å²) in [7, 11) is 0. The summed E-state index contributed by atoms with van der Waals surface area (Å²) in [6.45, 7) is 2.71. The summed E-state index contributed by atoms with van der Waals surface area (Å²) in [4.78, 5) is 24.4. The van der Waals surface area contributed by atoms with E-state index in [1.807, 2.05) is 24.4 Å². The summed E-state index contributed by atoms with van der Waals surface area (Å²) in [6.07, 6.45) is 2.22. The van der Waals surface area contributed by atoms with E-state index in [4.69, 9.17) is 0 Å². The van der Waals surface area contributed by atoms with Crippen molar-refractivity contribution >= 4 is 29.0 Å². The molecule has 0 atom stereocenters. The number of thiophene rings is 1. The van der Waals surface area contributed by atoms with Gasteiger partial charge in [-0.2, -0.15) is 21.8 Å². The van der Waals surface area contributed by atoms with Crippen LogP contribution in [0.2, 0.25) is 0 Å². The molecule has 3 rings (SSSR count). The third kappa shape index (κ3) is 4.45. The van der Waals surface area contributed by atoms with Crippen LogP contribution < -0.4 is 10.9 Å². The van der Waals surface area contributed by atoms with Crippen LogP contribution in [0.15, 0.2) is 28.6 Å². The molecule has 0 amide bonds. The molecule has 9 heteroatoms. The number of hydrogen-bond donors (Lipinski definition) is 3. The van der Waals surface area contributed by atoms with Gasteiger partial charge in [0, 0.05) is 35.0 Å². The molecule has 0 aliphatic heterocycles. The zero-order valence-corrected chi connectivity index (χ0v) is 14.8. The first-order valence-electron chi connectivity index (χ1n) is 7.51. The van der Waals surface area contributed by atoms with Crippen molar-refractivity contribution in [3.63, 3.8) is 0 Å². The number of thioether (sulfide) groups is 1. The Bertz CT molecular complexity index is 827. The fourth-order valence-electron chi connectivity index (χ4n) is 2.07. The molecular weight excluding hydrogens is 344 g/mol. The smallest absolute Gasteiger partial charge is 0.296 e. The Morgan fingerprint density at radius 2 is 2.29 bits per heavy atom. The predicted octanol–water partition coefficient (Wildman–Crippen LogP) is 2.19. The number of hydrogen-bond acceptors (Lipinski definition) is 7. The van der Waals surface area contributed by atoms with Gasteiger partial charge in [0.05, 0.1) is 12.0 Å². The zero-order valence-electron chi connectivity index (χ0n) is 13.2. The minimum atomic E-state index is -0.288. The lowest BCUT2D eigenvalue weighted by Gasteiger charge is -2.05. The van der Waals surface area contributed by atoms with Crippen molar-refractivity contribution in [2.75, 3.05) is 17.6 Å². The van der Waals surface area contributed by atoms with Crippen LogP contribution in [0.25, 0.3) is 0 Å². The average molecular weight is 362 g/mol. The fourth-order valence-corrected chi connectivity index (χ4v) is 3.66. The van der Waals surface area contributed by atoms with Crippen LogP contribution in [0.5, 0.6) is 0 Å². The van der Waals surface area contributed by atoms with Crippen molar-refractivity contribution in [3.05, 3.63) is 56.2 Å². The number of aromatic amines is 2. The molecule has 0 unspecified atom stereocenters. The number of nitrogens with zero attached hydrogens (tertiary/aromatic N) is 3. The van der Waals surface area contributed by atoms with Gasteiger partial charge in [-0.25, -0.2) is 10.1 Å². The standard InChI is InChI=1S/C15H18N6OS2/c1-10-13(18-9-17-10)8-23-6-4-16-15-19-14(22)12(20-21-15)7-11-3-2-5-24-11/h2-3,5,9H,4,6-8H2,1H3,(H,17,18)(H2,16,19,21,22). The molecule has 0 fully saturated rings. The maximum Gasteiger partial charge on any atom is 0.296 e. The van der Waals surface area contributed by atoms with Crippen LogP contribution in [0, 0.1) is 6.92 Å². The van der Waals surface area contributed by atoms with Gasteiger partial charge in [-0.15, -0.1) is 11.3 Å². The zero-order chi connectivity index (χ0) is 16.8. The molecule has 3 aromatic rings. The third-order valence-corrected chi connectivity index (χ3v) is 5.24. The molecule has 3 aromatic heterocycles. The van der Waals surface area contributed by atoms with Crippen molar-refractivity contribution < 1.29 is 0 Å². The highest BCUT2D eigenvalue weighted by Crippen LogP contribution is 2.12. The van der Waals surface area contributed by atoms with Crippen LogP contribution in [-0.4, -0.2) is 37.4 Å². The van der Waals surface area contributed by atoms with Crippen molar-refractivity contribution in [1.82, 2.24) is 25.1 Å². The summed E-state index contributed by atoms with van der Waals surface area (Å²) in [5, 5.41) is 12.0. The number of nitrogens with one attached hydrogen (secondary N) is 3. The lowest BCUT2D eigenvalue weighted by atomic mass is 10.3. The molecule has 24 heavy (non-hydrogen) atoms. The monoisotopic (exact) mass is 362 g/mol. The normalized spacial score (nSPS) is 10.9. The summed E-state index contributed by atoms with van der Waals surface area (Å²) in [5.74, 6) is 2.15. The van der Waals surface area contributed by atoms with Gasteiger partial charge >= 0.3 is 0 Å². The Balaban J connectivity index is 1.45. The Morgan fingerprint density at radius 3 is 3.00 bits per heavy atom. The van der Waals surface area contributed by atoms with E-state index in [2.05, 4.69) is 30.5 Å². The van der Waals surface area contributed by atoms with Crippen molar-refractivity contribution in [1.29, 1.82) is 0 Å². The summed E-state index contributed by atoms with van der Waals surface area (Å²) >= 11 is 3.37. The van der Waals surface area contributed by atoms with Gasteiger partial charge in [-0.3, -0.25) is 4.79 Å². The highest BCUT2D eigenvalue weighted by molar-refractivity contribution is 7.98. The highest BCUT2D eigenvalue weighted by Gasteiger charge is 2.07. The predicted molar refractivity (Wildman–Crippen MR) is 97.8 cm³/mol. The van der Waals surface area contributed by atoms with Crippen molar-refractivity contribution in [2.24, 2.45) is 0 Å². The average Bonchev–Trinajstić information content (AvgIpc) is 3.22.